The maximum atomic E-state index is 5.75. The second-order valence-electron chi connectivity index (χ2n) is 4.16. The molecule has 0 radical (unpaired) electrons. The molecule has 78 valence electrons. The smallest absolute Gasteiger partial charge is 0.179 e. The van der Waals surface area contributed by atoms with Crippen LogP contribution in [0.3, 0.4) is 0 Å². The van der Waals surface area contributed by atoms with Gasteiger partial charge < -0.3 is 16.5 Å². The van der Waals surface area contributed by atoms with Gasteiger partial charge in [0.2, 0.25) is 0 Å². The average molecular weight is 203 g/mol. The molecule has 0 aliphatic heterocycles. The van der Waals surface area contributed by atoms with E-state index >= 15 is 0 Å². The SMILES string of the molecule is Nc1ccc2[nH]c(C3CC(N)C3)nc2n1. The van der Waals surface area contributed by atoms with Crippen LogP contribution in [-0.4, -0.2) is 21.0 Å². The molecule has 2 heterocycles. The van der Waals surface area contributed by atoms with E-state index in [9.17, 15) is 0 Å². The average Bonchev–Trinajstić information content (AvgIpc) is 2.55. The number of pyridine rings is 1. The standard InChI is InChI=1S/C10H13N5/c11-6-3-5(4-6)9-13-7-1-2-8(12)14-10(7)15-9/h1-2,5-6H,3-4,11H2,(H3,12,13,14,15). The van der Waals surface area contributed by atoms with Gasteiger partial charge in [0.25, 0.3) is 0 Å². The zero-order valence-corrected chi connectivity index (χ0v) is 8.27. The highest BCUT2D eigenvalue weighted by Gasteiger charge is 2.29. The van der Waals surface area contributed by atoms with Crippen LogP contribution >= 0.6 is 0 Å². The molecule has 5 nitrogen and oxygen atoms in total. The molecule has 15 heavy (non-hydrogen) atoms. The summed E-state index contributed by atoms with van der Waals surface area (Å²) >= 11 is 0. The lowest BCUT2D eigenvalue weighted by molar-refractivity contribution is 0.340. The first kappa shape index (κ1) is 8.67. The lowest BCUT2D eigenvalue weighted by Gasteiger charge is -2.30. The monoisotopic (exact) mass is 203 g/mol. The van der Waals surface area contributed by atoms with Crippen LogP contribution in [0.2, 0.25) is 0 Å². The van der Waals surface area contributed by atoms with Gasteiger partial charge >= 0.3 is 0 Å². The Kier molecular flexibility index (Phi) is 1.70. The van der Waals surface area contributed by atoms with Gasteiger partial charge in [-0.2, -0.15) is 0 Å². The van der Waals surface area contributed by atoms with Crippen molar-refractivity contribution < 1.29 is 0 Å². The predicted octanol–water partition coefficient (Wildman–Crippen LogP) is 0.745. The lowest BCUT2D eigenvalue weighted by Crippen LogP contribution is -2.35. The molecular weight excluding hydrogens is 190 g/mol. The van der Waals surface area contributed by atoms with Gasteiger partial charge in [-0.25, -0.2) is 9.97 Å². The molecule has 5 heteroatoms. The fourth-order valence-electron chi connectivity index (χ4n) is 2.00. The van der Waals surface area contributed by atoms with Crippen LogP contribution in [0.25, 0.3) is 11.2 Å². The van der Waals surface area contributed by atoms with E-state index in [0.717, 1.165) is 24.2 Å². The second-order valence-corrected chi connectivity index (χ2v) is 4.16. The number of rotatable bonds is 1. The van der Waals surface area contributed by atoms with E-state index in [-0.39, 0.29) is 0 Å². The van der Waals surface area contributed by atoms with Crippen molar-refractivity contribution >= 4 is 17.0 Å². The van der Waals surface area contributed by atoms with E-state index in [1.807, 2.05) is 6.07 Å². The van der Waals surface area contributed by atoms with Crippen molar-refractivity contribution in [2.24, 2.45) is 5.73 Å². The van der Waals surface area contributed by atoms with E-state index in [4.69, 9.17) is 11.5 Å². The number of fused-ring (bicyclic) bond motifs is 1. The topological polar surface area (TPSA) is 93.6 Å². The third-order valence-electron chi connectivity index (χ3n) is 2.95. The van der Waals surface area contributed by atoms with E-state index in [1.54, 1.807) is 6.07 Å². The van der Waals surface area contributed by atoms with Gasteiger partial charge in [-0.1, -0.05) is 0 Å². The van der Waals surface area contributed by atoms with Crippen LogP contribution in [-0.2, 0) is 0 Å². The predicted molar refractivity (Wildman–Crippen MR) is 58.3 cm³/mol. The number of hydrogen-bond donors (Lipinski definition) is 3. The largest absolute Gasteiger partial charge is 0.384 e. The van der Waals surface area contributed by atoms with Crippen molar-refractivity contribution in [2.45, 2.75) is 24.8 Å². The summed E-state index contributed by atoms with van der Waals surface area (Å²) in [5, 5.41) is 0. The molecule has 5 N–H and O–H groups in total. The number of hydrogen-bond acceptors (Lipinski definition) is 4. The lowest BCUT2D eigenvalue weighted by atomic mass is 9.80. The molecule has 0 spiro atoms. The highest BCUT2D eigenvalue weighted by atomic mass is 15.0. The molecular formula is C10H13N5. The van der Waals surface area contributed by atoms with Crippen LogP contribution in [0, 0.1) is 0 Å². The number of nitrogens with one attached hydrogen (secondary N) is 1. The van der Waals surface area contributed by atoms with Gasteiger partial charge in [0.05, 0.1) is 5.52 Å². The first-order valence-corrected chi connectivity index (χ1v) is 5.10. The quantitative estimate of drug-likeness (QED) is 0.637. The summed E-state index contributed by atoms with van der Waals surface area (Å²) in [7, 11) is 0. The molecule has 0 aromatic carbocycles. The zero-order chi connectivity index (χ0) is 10.4. The van der Waals surface area contributed by atoms with Crippen LogP contribution in [0.5, 0.6) is 0 Å². The second kappa shape index (κ2) is 2.93. The number of aromatic amines is 1. The van der Waals surface area contributed by atoms with E-state index < -0.39 is 0 Å². The van der Waals surface area contributed by atoms with Crippen LogP contribution in [0.4, 0.5) is 5.82 Å². The van der Waals surface area contributed by atoms with E-state index in [0.29, 0.717) is 23.4 Å². The minimum atomic E-state index is 0.334. The summed E-state index contributed by atoms with van der Waals surface area (Å²) in [5.74, 6) is 1.96. The molecule has 2 aromatic heterocycles. The van der Waals surface area contributed by atoms with Gasteiger partial charge in [0, 0.05) is 12.0 Å². The Labute approximate surface area is 86.9 Å². The summed E-state index contributed by atoms with van der Waals surface area (Å²) in [6.45, 7) is 0. The van der Waals surface area contributed by atoms with Crippen molar-refractivity contribution in [3.63, 3.8) is 0 Å². The van der Waals surface area contributed by atoms with E-state index in [1.165, 1.54) is 0 Å². The molecule has 0 bridgehead atoms. The summed E-state index contributed by atoms with van der Waals surface area (Å²) in [5.41, 5.74) is 13.0. The van der Waals surface area contributed by atoms with Crippen molar-refractivity contribution in [3.8, 4) is 0 Å². The molecule has 0 amide bonds. The van der Waals surface area contributed by atoms with E-state index in [2.05, 4.69) is 15.0 Å². The van der Waals surface area contributed by atoms with Gasteiger partial charge in [0.1, 0.15) is 11.6 Å². The summed E-state index contributed by atoms with van der Waals surface area (Å²) in [6.07, 6.45) is 2.02. The molecule has 3 rings (SSSR count). The molecule has 2 aromatic rings. The molecule has 1 saturated carbocycles. The number of aromatic nitrogens is 3. The number of imidazole rings is 1. The Hall–Kier alpha value is -1.62. The summed E-state index contributed by atoms with van der Waals surface area (Å²) in [4.78, 5) is 11.8. The van der Waals surface area contributed by atoms with Gasteiger partial charge in [-0.3, -0.25) is 0 Å². The summed E-state index contributed by atoms with van der Waals surface area (Å²) < 4.78 is 0. The van der Waals surface area contributed by atoms with Crippen LogP contribution < -0.4 is 11.5 Å². The molecule has 0 unspecified atom stereocenters. The van der Waals surface area contributed by atoms with Gasteiger partial charge in [0.15, 0.2) is 5.65 Å². The van der Waals surface area contributed by atoms with Crippen LogP contribution in [0.1, 0.15) is 24.6 Å². The molecule has 1 fully saturated rings. The number of nitrogens with zero attached hydrogens (tertiary/aromatic N) is 2. The molecule has 1 aliphatic carbocycles. The maximum Gasteiger partial charge on any atom is 0.179 e. The Morgan fingerprint density at radius 2 is 2.07 bits per heavy atom. The Morgan fingerprint density at radius 1 is 1.27 bits per heavy atom. The highest BCUT2D eigenvalue weighted by molar-refractivity contribution is 5.72. The molecule has 0 atom stereocenters. The fraction of sp³-hybridized carbons (Fsp3) is 0.400. The Balaban J connectivity index is 1.99. The van der Waals surface area contributed by atoms with Crippen LogP contribution in [0.15, 0.2) is 12.1 Å². The Bertz CT molecular complexity index is 497. The highest BCUT2D eigenvalue weighted by Crippen LogP contribution is 2.34. The van der Waals surface area contributed by atoms with Crippen molar-refractivity contribution in [2.75, 3.05) is 5.73 Å². The first-order chi connectivity index (χ1) is 7.22. The van der Waals surface area contributed by atoms with Gasteiger partial charge in [-0.15, -0.1) is 0 Å². The fourth-order valence-corrected chi connectivity index (χ4v) is 2.00. The number of nitrogens with two attached hydrogens (primary N) is 2. The van der Waals surface area contributed by atoms with Crippen molar-refractivity contribution in [1.82, 2.24) is 15.0 Å². The van der Waals surface area contributed by atoms with Gasteiger partial charge in [-0.05, 0) is 25.0 Å². The minimum Gasteiger partial charge on any atom is -0.384 e. The molecule has 1 aliphatic rings. The maximum absolute atomic E-state index is 5.75. The number of H-pyrrole nitrogens is 1. The number of anilines is 1. The van der Waals surface area contributed by atoms with Crippen molar-refractivity contribution in [1.29, 1.82) is 0 Å². The number of nitrogen functional groups attached to an aromatic ring is 1. The Morgan fingerprint density at radius 3 is 2.80 bits per heavy atom. The minimum absolute atomic E-state index is 0.334. The third kappa shape index (κ3) is 1.35. The zero-order valence-electron chi connectivity index (χ0n) is 8.27. The third-order valence-corrected chi connectivity index (χ3v) is 2.95. The summed E-state index contributed by atoms with van der Waals surface area (Å²) in [6, 6.07) is 4.02. The van der Waals surface area contributed by atoms with Crippen molar-refractivity contribution in [3.05, 3.63) is 18.0 Å². The molecule has 0 saturated heterocycles. The normalized spacial score (nSPS) is 25.4. The first-order valence-electron chi connectivity index (χ1n) is 5.10.